The lowest BCUT2D eigenvalue weighted by Gasteiger charge is -2.05. The molecule has 0 fully saturated rings. The van der Waals surface area contributed by atoms with Gasteiger partial charge in [0, 0.05) is 7.05 Å². The lowest BCUT2D eigenvalue weighted by Crippen LogP contribution is -2.15. The topological polar surface area (TPSA) is 94.5 Å². The summed E-state index contributed by atoms with van der Waals surface area (Å²) in [4.78, 5) is 12.4. The van der Waals surface area contributed by atoms with Gasteiger partial charge >= 0.3 is 0 Å². The van der Waals surface area contributed by atoms with Gasteiger partial charge in [0.2, 0.25) is 5.95 Å². The summed E-state index contributed by atoms with van der Waals surface area (Å²) < 4.78 is 1.49. The molecule has 2 rings (SSSR count). The van der Waals surface area contributed by atoms with Crippen LogP contribution in [0.25, 0.3) is 5.95 Å². The molecule has 0 aliphatic heterocycles. The Balaban J connectivity index is 2.49. The number of nitrogens with two attached hydrogens (primary N) is 1. The lowest BCUT2D eigenvalue weighted by molar-refractivity contribution is 0.669. The average molecular weight is 254 g/mol. The second kappa shape index (κ2) is 4.64. The highest BCUT2D eigenvalue weighted by molar-refractivity contribution is 6.30. The summed E-state index contributed by atoms with van der Waals surface area (Å²) in [6.45, 7) is 1.82. The van der Waals surface area contributed by atoms with Crippen molar-refractivity contribution in [3.8, 4) is 5.95 Å². The van der Waals surface area contributed by atoms with Gasteiger partial charge in [0.1, 0.15) is 0 Å². The van der Waals surface area contributed by atoms with Crippen LogP contribution in [-0.2, 0) is 0 Å². The molecule has 0 aliphatic rings. The fourth-order valence-electron chi connectivity index (χ4n) is 1.29. The van der Waals surface area contributed by atoms with Crippen molar-refractivity contribution in [1.82, 2.24) is 24.7 Å². The molecular formula is C9H12ClN7. The molecule has 90 valence electrons. The molecule has 0 saturated heterocycles. The molecule has 0 unspecified atom stereocenters. The van der Waals surface area contributed by atoms with Gasteiger partial charge in [-0.2, -0.15) is 9.67 Å². The highest BCUT2D eigenvalue weighted by atomic mass is 35.5. The van der Waals surface area contributed by atoms with Crippen molar-refractivity contribution in [2.24, 2.45) is 5.73 Å². The SMILES string of the molecule is CNc1nc([C@H](C)N)n(-c2ncc(Cl)cn2)n1. The monoisotopic (exact) mass is 253 g/mol. The minimum absolute atomic E-state index is 0.274. The van der Waals surface area contributed by atoms with E-state index < -0.39 is 0 Å². The Hall–Kier alpha value is -1.73. The Bertz CT molecular complexity index is 505. The molecule has 0 bridgehead atoms. The Morgan fingerprint density at radius 3 is 2.59 bits per heavy atom. The van der Waals surface area contributed by atoms with Crippen LogP contribution in [0.5, 0.6) is 0 Å². The molecule has 7 nitrogen and oxygen atoms in total. The smallest absolute Gasteiger partial charge is 0.252 e. The van der Waals surface area contributed by atoms with E-state index in [0.717, 1.165) is 0 Å². The third kappa shape index (κ3) is 2.34. The van der Waals surface area contributed by atoms with Crippen LogP contribution in [0.3, 0.4) is 0 Å². The number of hydrogen-bond donors (Lipinski definition) is 2. The molecule has 1 atom stereocenters. The number of hydrogen-bond acceptors (Lipinski definition) is 6. The Kier molecular flexibility index (Phi) is 3.21. The third-order valence-electron chi connectivity index (χ3n) is 2.06. The fourth-order valence-corrected chi connectivity index (χ4v) is 1.38. The molecule has 0 aliphatic carbocycles. The molecule has 8 heteroatoms. The summed E-state index contributed by atoms with van der Waals surface area (Å²) in [6, 6.07) is -0.274. The van der Waals surface area contributed by atoms with E-state index in [1.807, 2.05) is 6.92 Å². The van der Waals surface area contributed by atoms with Gasteiger partial charge in [-0.3, -0.25) is 0 Å². The van der Waals surface area contributed by atoms with Crippen molar-refractivity contribution in [2.45, 2.75) is 13.0 Å². The molecule has 0 aromatic carbocycles. The molecule has 0 spiro atoms. The lowest BCUT2D eigenvalue weighted by atomic mass is 10.3. The zero-order chi connectivity index (χ0) is 12.4. The Morgan fingerprint density at radius 2 is 2.06 bits per heavy atom. The molecule has 17 heavy (non-hydrogen) atoms. The summed E-state index contributed by atoms with van der Waals surface area (Å²) >= 11 is 5.73. The third-order valence-corrected chi connectivity index (χ3v) is 2.25. The number of nitrogens with one attached hydrogen (secondary N) is 1. The predicted octanol–water partition coefficient (Wildman–Crippen LogP) is 0.772. The van der Waals surface area contributed by atoms with E-state index in [0.29, 0.717) is 22.7 Å². The number of anilines is 1. The van der Waals surface area contributed by atoms with Gasteiger partial charge in [-0.05, 0) is 6.92 Å². The second-order valence-electron chi connectivity index (χ2n) is 3.45. The van der Waals surface area contributed by atoms with Crippen molar-refractivity contribution in [1.29, 1.82) is 0 Å². The van der Waals surface area contributed by atoms with Crippen LogP contribution in [0.15, 0.2) is 12.4 Å². The summed E-state index contributed by atoms with van der Waals surface area (Å²) in [7, 11) is 1.73. The molecule has 2 aromatic rings. The van der Waals surface area contributed by atoms with Gasteiger partial charge in [0.05, 0.1) is 23.5 Å². The molecule has 0 radical (unpaired) electrons. The normalized spacial score (nSPS) is 12.5. The quantitative estimate of drug-likeness (QED) is 0.839. The van der Waals surface area contributed by atoms with Gasteiger partial charge < -0.3 is 11.1 Å². The van der Waals surface area contributed by atoms with Crippen LogP contribution in [-0.4, -0.2) is 31.8 Å². The molecule has 0 saturated carbocycles. The van der Waals surface area contributed by atoms with Gasteiger partial charge in [-0.1, -0.05) is 11.6 Å². The van der Waals surface area contributed by atoms with Crippen LogP contribution in [0.1, 0.15) is 18.8 Å². The first kappa shape index (κ1) is 11.7. The number of aromatic nitrogens is 5. The molecular weight excluding hydrogens is 242 g/mol. The number of rotatable bonds is 3. The standard InChI is InChI=1S/C9H12ClN7/c1-5(11)7-15-8(12-2)16-17(7)9-13-3-6(10)4-14-9/h3-5H,11H2,1-2H3,(H,12,16)/t5-/m0/s1. The first-order valence-electron chi connectivity index (χ1n) is 5.00. The molecule has 0 amide bonds. The summed E-state index contributed by atoms with van der Waals surface area (Å²) in [5.74, 6) is 1.43. The fraction of sp³-hybridized carbons (Fsp3) is 0.333. The zero-order valence-corrected chi connectivity index (χ0v) is 10.2. The van der Waals surface area contributed by atoms with E-state index in [1.54, 1.807) is 7.05 Å². The predicted molar refractivity (Wildman–Crippen MR) is 64.1 cm³/mol. The molecule has 2 heterocycles. The van der Waals surface area contributed by atoms with E-state index in [1.165, 1.54) is 17.1 Å². The average Bonchev–Trinajstić information content (AvgIpc) is 2.74. The molecule has 3 N–H and O–H groups in total. The van der Waals surface area contributed by atoms with Gasteiger partial charge in [-0.25, -0.2) is 9.97 Å². The van der Waals surface area contributed by atoms with E-state index in [-0.39, 0.29) is 6.04 Å². The first-order chi connectivity index (χ1) is 8.11. The van der Waals surface area contributed by atoms with Crippen LogP contribution in [0.4, 0.5) is 5.95 Å². The Morgan fingerprint density at radius 1 is 1.41 bits per heavy atom. The Labute approximate surface area is 103 Å². The minimum Gasteiger partial charge on any atom is -0.356 e. The summed E-state index contributed by atoms with van der Waals surface area (Å²) in [5.41, 5.74) is 5.82. The molecule has 2 aromatic heterocycles. The maximum Gasteiger partial charge on any atom is 0.252 e. The zero-order valence-electron chi connectivity index (χ0n) is 9.42. The number of halogens is 1. The first-order valence-corrected chi connectivity index (χ1v) is 5.38. The van der Waals surface area contributed by atoms with Crippen LogP contribution in [0.2, 0.25) is 5.02 Å². The highest BCUT2D eigenvalue weighted by Gasteiger charge is 2.15. The van der Waals surface area contributed by atoms with E-state index in [2.05, 4.69) is 25.4 Å². The van der Waals surface area contributed by atoms with Crippen molar-refractivity contribution >= 4 is 17.5 Å². The van der Waals surface area contributed by atoms with Crippen molar-refractivity contribution in [3.63, 3.8) is 0 Å². The van der Waals surface area contributed by atoms with Crippen molar-refractivity contribution in [3.05, 3.63) is 23.2 Å². The maximum atomic E-state index is 5.82. The van der Waals surface area contributed by atoms with Crippen LogP contribution < -0.4 is 11.1 Å². The number of nitrogens with zero attached hydrogens (tertiary/aromatic N) is 5. The van der Waals surface area contributed by atoms with Crippen molar-refractivity contribution < 1.29 is 0 Å². The maximum absolute atomic E-state index is 5.82. The van der Waals surface area contributed by atoms with E-state index >= 15 is 0 Å². The highest BCUT2D eigenvalue weighted by Crippen LogP contribution is 2.14. The minimum atomic E-state index is -0.274. The summed E-state index contributed by atoms with van der Waals surface area (Å²) in [5, 5.41) is 7.50. The van der Waals surface area contributed by atoms with Gasteiger partial charge in [-0.15, -0.1) is 5.10 Å². The van der Waals surface area contributed by atoms with E-state index in [4.69, 9.17) is 17.3 Å². The van der Waals surface area contributed by atoms with Crippen LogP contribution in [0, 0.1) is 0 Å². The van der Waals surface area contributed by atoms with Crippen molar-refractivity contribution in [2.75, 3.05) is 12.4 Å². The second-order valence-corrected chi connectivity index (χ2v) is 3.88. The largest absolute Gasteiger partial charge is 0.356 e. The van der Waals surface area contributed by atoms with E-state index in [9.17, 15) is 0 Å². The van der Waals surface area contributed by atoms with Gasteiger partial charge in [0.15, 0.2) is 5.82 Å². The van der Waals surface area contributed by atoms with Gasteiger partial charge in [0.25, 0.3) is 5.95 Å². The van der Waals surface area contributed by atoms with Crippen LogP contribution >= 0.6 is 11.6 Å². The summed E-state index contributed by atoms with van der Waals surface area (Å²) in [6.07, 6.45) is 2.99.